The van der Waals surface area contributed by atoms with E-state index in [4.69, 9.17) is 0 Å². The van der Waals surface area contributed by atoms with E-state index in [-0.39, 0.29) is 18.2 Å². The van der Waals surface area contributed by atoms with Crippen LogP contribution in [-0.2, 0) is 0 Å². The Labute approximate surface area is 121 Å². The predicted molar refractivity (Wildman–Crippen MR) is 72.2 cm³/mol. The standard InChI is InChI=1S/C15H18F4N2/c1-2-9-6-20-12(8-3-4-8)7-21(9)15-13(18)10(16)5-11(17)14(15)19/h5,8-9,12,20H,2-4,6-7H2,1H3. The van der Waals surface area contributed by atoms with Crippen molar-refractivity contribution in [3.63, 3.8) is 0 Å². The number of benzene rings is 1. The number of piperazine rings is 1. The maximum atomic E-state index is 14.0. The Balaban J connectivity index is 1.99. The molecule has 1 heterocycles. The number of hydrogen-bond donors (Lipinski definition) is 1. The zero-order valence-corrected chi connectivity index (χ0v) is 11.8. The Morgan fingerprint density at radius 3 is 2.29 bits per heavy atom. The van der Waals surface area contributed by atoms with E-state index < -0.39 is 29.0 Å². The second-order valence-electron chi connectivity index (χ2n) is 5.88. The van der Waals surface area contributed by atoms with Crippen LogP contribution in [0.2, 0.25) is 0 Å². The molecule has 0 bridgehead atoms. The molecule has 2 unspecified atom stereocenters. The first-order valence-electron chi connectivity index (χ1n) is 7.36. The van der Waals surface area contributed by atoms with E-state index in [1.807, 2.05) is 6.92 Å². The molecule has 1 saturated carbocycles. The first kappa shape index (κ1) is 14.6. The van der Waals surface area contributed by atoms with Gasteiger partial charge in [-0.25, -0.2) is 17.6 Å². The van der Waals surface area contributed by atoms with Crippen molar-refractivity contribution in [3.05, 3.63) is 29.3 Å². The van der Waals surface area contributed by atoms with Crippen molar-refractivity contribution in [2.45, 2.75) is 38.3 Å². The van der Waals surface area contributed by atoms with Crippen LogP contribution < -0.4 is 10.2 Å². The van der Waals surface area contributed by atoms with E-state index >= 15 is 0 Å². The average molecular weight is 302 g/mol. The van der Waals surface area contributed by atoms with Gasteiger partial charge in [-0.2, -0.15) is 0 Å². The molecular weight excluding hydrogens is 284 g/mol. The first-order valence-corrected chi connectivity index (χ1v) is 7.36. The van der Waals surface area contributed by atoms with Gasteiger partial charge in [0.15, 0.2) is 23.3 Å². The number of nitrogens with zero attached hydrogens (tertiary/aromatic N) is 1. The lowest BCUT2D eigenvalue weighted by Gasteiger charge is -2.42. The fourth-order valence-electron chi connectivity index (χ4n) is 3.09. The average Bonchev–Trinajstić information content (AvgIpc) is 3.30. The maximum absolute atomic E-state index is 14.0. The van der Waals surface area contributed by atoms with Crippen molar-refractivity contribution < 1.29 is 17.6 Å². The Hall–Kier alpha value is -1.30. The van der Waals surface area contributed by atoms with Gasteiger partial charge in [-0.3, -0.25) is 0 Å². The Morgan fingerprint density at radius 1 is 1.14 bits per heavy atom. The Bertz CT molecular complexity index is 519. The van der Waals surface area contributed by atoms with Crippen molar-refractivity contribution in [2.24, 2.45) is 5.92 Å². The number of nitrogens with one attached hydrogen (secondary N) is 1. The quantitative estimate of drug-likeness (QED) is 0.681. The van der Waals surface area contributed by atoms with Gasteiger partial charge in [0, 0.05) is 31.2 Å². The molecule has 0 amide bonds. The Morgan fingerprint density at radius 2 is 1.76 bits per heavy atom. The molecule has 116 valence electrons. The van der Waals surface area contributed by atoms with Gasteiger partial charge in [-0.15, -0.1) is 0 Å². The normalized spacial score (nSPS) is 26.2. The van der Waals surface area contributed by atoms with Gasteiger partial charge < -0.3 is 10.2 Å². The van der Waals surface area contributed by atoms with Gasteiger partial charge in [-0.1, -0.05) is 6.92 Å². The van der Waals surface area contributed by atoms with E-state index in [1.165, 1.54) is 4.90 Å². The molecule has 1 aromatic carbocycles. The zero-order chi connectivity index (χ0) is 15.1. The van der Waals surface area contributed by atoms with Crippen LogP contribution in [-0.4, -0.2) is 25.2 Å². The van der Waals surface area contributed by atoms with Crippen molar-refractivity contribution in [1.82, 2.24) is 5.32 Å². The van der Waals surface area contributed by atoms with Crippen LogP contribution in [0.25, 0.3) is 0 Å². The summed E-state index contributed by atoms with van der Waals surface area (Å²) < 4.78 is 55.0. The zero-order valence-electron chi connectivity index (χ0n) is 11.8. The molecule has 6 heteroatoms. The molecule has 3 rings (SSSR count). The van der Waals surface area contributed by atoms with Crippen LogP contribution in [0.15, 0.2) is 6.07 Å². The van der Waals surface area contributed by atoms with Crippen LogP contribution in [0.1, 0.15) is 26.2 Å². The minimum absolute atomic E-state index is 0.123. The number of hydrogen-bond acceptors (Lipinski definition) is 2. The molecule has 1 N–H and O–H groups in total. The summed E-state index contributed by atoms with van der Waals surface area (Å²) in [6.45, 7) is 2.83. The van der Waals surface area contributed by atoms with Gasteiger partial charge in [0.25, 0.3) is 0 Å². The van der Waals surface area contributed by atoms with Crippen molar-refractivity contribution in [1.29, 1.82) is 0 Å². The molecule has 2 fully saturated rings. The highest BCUT2D eigenvalue weighted by atomic mass is 19.2. The SMILES string of the molecule is CCC1CNC(C2CC2)CN1c1c(F)c(F)cc(F)c1F. The lowest BCUT2D eigenvalue weighted by molar-refractivity contribution is 0.348. The van der Waals surface area contributed by atoms with Crippen LogP contribution in [0.3, 0.4) is 0 Å². The molecule has 1 aromatic rings. The molecule has 0 radical (unpaired) electrons. The summed E-state index contributed by atoms with van der Waals surface area (Å²) in [5.41, 5.74) is -0.563. The minimum Gasteiger partial charge on any atom is -0.361 e. The number of halogens is 4. The van der Waals surface area contributed by atoms with E-state index in [1.54, 1.807) is 0 Å². The molecule has 2 atom stereocenters. The van der Waals surface area contributed by atoms with Gasteiger partial charge >= 0.3 is 0 Å². The lowest BCUT2D eigenvalue weighted by Crippen LogP contribution is -2.57. The predicted octanol–water partition coefficient (Wildman–Crippen LogP) is 3.21. The number of rotatable bonds is 3. The minimum atomic E-state index is -1.35. The molecule has 2 nitrogen and oxygen atoms in total. The molecular formula is C15H18F4N2. The molecule has 1 aliphatic heterocycles. The second kappa shape index (κ2) is 5.48. The highest BCUT2D eigenvalue weighted by Crippen LogP contribution is 2.37. The summed E-state index contributed by atoms with van der Waals surface area (Å²) in [6, 6.07) is 0.207. The largest absolute Gasteiger partial charge is 0.361 e. The van der Waals surface area contributed by atoms with Crippen molar-refractivity contribution in [2.75, 3.05) is 18.0 Å². The summed E-state index contributed by atoms with van der Waals surface area (Å²) in [5, 5.41) is 3.38. The lowest BCUT2D eigenvalue weighted by atomic mass is 10.0. The third-order valence-corrected chi connectivity index (χ3v) is 4.49. The first-order chi connectivity index (χ1) is 10.0. The van der Waals surface area contributed by atoms with E-state index in [0.29, 0.717) is 25.4 Å². The third-order valence-electron chi connectivity index (χ3n) is 4.49. The summed E-state index contributed by atoms with van der Waals surface area (Å²) in [7, 11) is 0. The number of anilines is 1. The van der Waals surface area contributed by atoms with E-state index in [2.05, 4.69) is 5.32 Å². The molecule has 0 aromatic heterocycles. The van der Waals surface area contributed by atoms with Crippen LogP contribution >= 0.6 is 0 Å². The molecule has 0 spiro atoms. The smallest absolute Gasteiger partial charge is 0.185 e. The van der Waals surface area contributed by atoms with Gasteiger partial charge in [-0.05, 0) is 25.2 Å². The topological polar surface area (TPSA) is 15.3 Å². The van der Waals surface area contributed by atoms with Gasteiger partial charge in [0.05, 0.1) is 0 Å². The molecule has 1 saturated heterocycles. The van der Waals surface area contributed by atoms with E-state index in [9.17, 15) is 17.6 Å². The van der Waals surface area contributed by atoms with Crippen LogP contribution in [0.5, 0.6) is 0 Å². The van der Waals surface area contributed by atoms with Crippen molar-refractivity contribution in [3.8, 4) is 0 Å². The fraction of sp³-hybridized carbons (Fsp3) is 0.600. The maximum Gasteiger partial charge on any atom is 0.185 e. The summed E-state index contributed by atoms with van der Waals surface area (Å²) >= 11 is 0. The molecule has 21 heavy (non-hydrogen) atoms. The van der Waals surface area contributed by atoms with E-state index in [0.717, 1.165) is 12.8 Å². The third kappa shape index (κ3) is 2.61. The van der Waals surface area contributed by atoms with Gasteiger partial charge in [0.2, 0.25) is 0 Å². The summed E-state index contributed by atoms with van der Waals surface area (Å²) in [4.78, 5) is 1.50. The molecule has 2 aliphatic rings. The Kier molecular flexibility index (Phi) is 3.82. The highest BCUT2D eigenvalue weighted by molar-refractivity contribution is 5.52. The fourth-order valence-corrected chi connectivity index (χ4v) is 3.09. The van der Waals surface area contributed by atoms with Gasteiger partial charge in [0.1, 0.15) is 5.69 Å². The highest BCUT2D eigenvalue weighted by Gasteiger charge is 2.39. The summed E-state index contributed by atoms with van der Waals surface area (Å²) in [5.74, 6) is -4.80. The summed E-state index contributed by atoms with van der Waals surface area (Å²) in [6.07, 6.45) is 2.82. The molecule has 1 aliphatic carbocycles. The van der Waals surface area contributed by atoms with Crippen molar-refractivity contribution >= 4 is 5.69 Å². The monoisotopic (exact) mass is 302 g/mol. The van der Waals surface area contributed by atoms with Crippen LogP contribution in [0.4, 0.5) is 23.2 Å². The van der Waals surface area contributed by atoms with Crippen LogP contribution in [0, 0.1) is 29.2 Å². The second-order valence-corrected chi connectivity index (χ2v) is 5.88.